The van der Waals surface area contributed by atoms with Gasteiger partial charge in [0.1, 0.15) is 17.5 Å². The first-order chi connectivity index (χ1) is 18.0. The summed E-state index contributed by atoms with van der Waals surface area (Å²) >= 11 is 0. The molecule has 1 saturated heterocycles. The number of nitrogens with zero attached hydrogens (tertiary/aromatic N) is 2. The molecule has 2 aromatic rings. The van der Waals surface area contributed by atoms with Gasteiger partial charge in [-0.15, -0.1) is 0 Å². The maximum atomic E-state index is 13.5. The average molecular weight is 506 g/mol. The second-order valence-electron chi connectivity index (χ2n) is 9.35. The molecule has 0 bridgehead atoms. The first-order valence-corrected chi connectivity index (χ1v) is 13.0. The molecule has 8 heteroatoms. The Labute approximate surface area is 218 Å². The zero-order chi connectivity index (χ0) is 26.2. The number of carbonyl (C=O) groups is 3. The van der Waals surface area contributed by atoms with Crippen molar-refractivity contribution in [3.8, 4) is 11.5 Å². The van der Waals surface area contributed by atoms with Gasteiger partial charge in [-0.3, -0.25) is 9.59 Å². The Morgan fingerprint density at radius 1 is 1.08 bits per heavy atom. The maximum absolute atomic E-state index is 13.5. The average Bonchev–Trinajstić information content (AvgIpc) is 3.15. The molecule has 2 aliphatic rings. The van der Waals surface area contributed by atoms with Crippen molar-refractivity contribution in [2.24, 2.45) is 0 Å². The van der Waals surface area contributed by atoms with Gasteiger partial charge in [-0.25, -0.2) is 9.69 Å². The zero-order valence-corrected chi connectivity index (χ0v) is 21.6. The third-order valence-electron chi connectivity index (χ3n) is 6.68. The van der Waals surface area contributed by atoms with Gasteiger partial charge in [0.15, 0.2) is 0 Å². The van der Waals surface area contributed by atoms with Crippen molar-refractivity contribution in [1.29, 1.82) is 0 Å². The number of imide groups is 1. The Hall–Kier alpha value is -3.81. The van der Waals surface area contributed by atoms with E-state index < -0.39 is 18.0 Å². The van der Waals surface area contributed by atoms with Gasteiger partial charge in [-0.2, -0.15) is 0 Å². The number of hydrogen-bond donors (Lipinski definition) is 1. The summed E-state index contributed by atoms with van der Waals surface area (Å²) in [6.45, 7) is 3.05. The molecule has 1 heterocycles. The molecule has 1 N–H and O–H groups in total. The van der Waals surface area contributed by atoms with Crippen molar-refractivity contribution in [3.63, 3.8) is 0 Å². The lowest BCUT2D eigenvalue weighted by Crippen LogP contribution is -2.38. The van der Waals surface area contributed by atoms with E-state index in [0.29, 0.717) is 36.7 Å². The van der Waals surface area contributed by atoms with Crippen molar-refractivity contribution in [3.05, 3.63) is 60.2 Å². The highest BCUT2D eigenvalue weighted by Crippen LogP contribution is 2.31. The number of allylic oxidation sites excluding steroid dienone is 1. The normalized spacial score (nSPS) is 17.6. The number of ether oxygens (including phenoxy) is 2. The first kappa shape index (κ1) is 26.3. The fraction of sp³-hybridized carbons (Fsp3) is 0.414. The summed E-state index contributed by atoms with van der Waals surface area (Å²) < 4.78 is 10.9. The van der Waals surface area contributed by atoms with Crippen molar-refractivity contribution >= 4 is 29.2 Å². The van der Waals surface area contributed by atoms with Gasteiger partial charge in [0.25, 0.3) is 5.91 Å². The minimum Gasteiger partial charge on any atom is -0.497 e. The van der Waals surface area contributed by atoms with Crippen molar-refractivity contribution in [2.75, 3.05) is 30.5 Å². The van der Waals surface area contributed by atoms with Crippen LogP contribution < -0.4 is 19.7 Å². The summed E-state index contributed by atoms with van der Waals surface area (Å²) in [4.78, 5) is 42.7. The SMILES string of the molecule is CCCOc1ccc(NC(=O)C[C@@H]2C(=O)N(c3cccc(OC)c3)C(=O)N2CCC2=CCCCC2)cc1. The number of nitrogens with one attached hydrogen (secondary N) is 1. The molecule has 1 aliphatic heterocycles. The molecule has 8 nitrogen and oxygen atoms in total. The van der Waals surface area contributed by atoms with Crippen LogP contribution in [-0.4, -0.2) is 49.0 Å². The van der Waals surface area contributed by atoms with Crippen LogP contribution in [-0.2, 0) is 9.59 Å². The van der Waals surface area contributed by atoms with E-state index in [4.69, 9.17) is 9.47 Å². The van der Waals surface area contributed by atoms with Crippen LogP contribution in [0.4, 0.5) is 16.2 Å². The van der Waals surface area contributed by atoms with E-state index in [-0.39, 0.29) is 12.3 Å². The number of anilines is 2. The molecule has 2 aromatic carbocycles. The summed E-state index contributed by atoms with van der Waals surface area (Å²) in [5, 5.41) is 2.85. The van der Waals surface area contributed by atoms with Gasteiger partial charge >= 0.3 is 6.03 Å². The van der Waals surface area contributed by atoms with Gasteiger partial charge in [-0.05, 0) is 74.9 Å². The maximum Gasteiger partial charge on any atom is 0.332 e. The predicted molar refractivity (Wildman–Crippen MR) is 143 cm³/mol. The van der Waals surface area contributed by atoms with Crippen LogP contribution in [0, 0.1) is 0 Å². The molecule has 0 saturated carbocycles. The van der Waals surface area contributed by atoms with E-state index in [1.165, 1.54) is 19.1 Å². The molecule has 1 fully saturated rings. The molecule has 37 heavy (non-hydrogen) atoms. The quantitative estimate of drug-likeness (QED) is 0.320. The molecule has 4 rings (SSSR count). The standard InChI is InChI=1S/C29H35N3O5/c1-3-18-37-24-14-12-22(13-15-24)30-27(33)20-26-28(34)32(23-10-7-11-25(19-23)36-2)29(35)31(26)17-16-21-8-5-4-6-9-21/h7-8,10-15,19,26H,3-6,9,16-18,20H2,1-2H3,(H,30,33)/t26-/m1/s1. The molecule has 4 amide bonds. The second-order valence-corrected chi connectivity index (χ2v) is 9.35. The van der Waals surface area contributed by atoms with Gasteiger partial charge in [0.05, 0.1) is 25.8 Å². The monoisotopic (exact) mass is 505 g/mol. The number of hydrogen-bond acceptors (Lipinski definition) is 5. The Morgan fingerprint density at radius 2 is 1.89 bits per heavy atom. The lowest BCUT2D eigenvalue weighted by Gasteiger charge is -2.23. The third kappa shape index (κ3) is 6.50. The molecule has 1 atom stereocenters. The Kier molecular flexibility index (Phi) is 8.82. The molecule has 0 aromatic heterocycles. The number of carbonyl (C=O) groups excluding carboxylic acids is 3. The van der Waals surface area contributed by atoms with Gasteiger partial charge in [0.2, 0.25) is 5.91 Å². The molecular weight excluding hydrogens is 470 g/mol. The van der Waals surface area contributed by atoms with E-state index in [0.717, 1.165) is 36.3 Å². The van der Waals surface area contributed by atoms with Crippen LogP contribution in [0.2, 0.25) is 0 Å². The van der Waals surface area contributed by atoms with Gasteiger partial charge in [0, 0.05) is 18.3 Å². The van der Waals surface area contributed by atoms with Crippen molar-refractivity contribution < 1.29 is 23.9 Å². The predicted octanol–water partition coefficient (Wildman–Crippen LogP) is 5.54. The summed E-state index contributed by atoms with van der Waals surface area (Å²) in [6.07, 6.45) is 8.10. The smallest absolute Gasteiger partial charge is 0.332 e. The van der Waals surface area contributed by atoms with Gasteiger partial charge < -0.3 is 19.7 Å². The second kappa shape index (κ2) is 12.4. The molecule has 0 spiro atoms. The number of amides is 4. The van der Waals surface area contributed by atoms with Crippen LogP contribution >= 0.6 is 0 Å². The van der Waals surface area contributed by atoms with Crippen LogP contribution in [0.25, 0.3) is 0 Å². The van der Waals surface area contributed by atoms with Crippen LogP contribution in [0.5, 0.6) is 11.5 Å². The van der Waals surface area contributed by atoms with E-state index in [1.54, 1.807) is 53.4 Å². The molecular formula is C29H35N3O5. The highest BCUT2D eigenvalue weighted by molar-refractivity contribution is 6.22. The third-order valence-corrected chi connectivity index (χ3v) is 6.68. The van der Waals surface area contributed by atoms with Crippen LogP contribution in [0.15, 0.2) is 60.2 Å². The van der Waals surface area contributed by atoms with E-state index in [2.05, 4.69) is 11.4 Å². The van der Waals surface area contributed by atoms with Crippen LogP contribution in [0.1, 0.15) is 51.9 Å². The van der Waals surface area contributed by atoms with Crippen molar-refractivity contribution in [2.45, 2.75) is 57.9 Å². The minimum atomic E-state index is -0.880. The fourth-order valence-corrected chi connectivity index (χ4v) is 4.71. The molecule has 0 radical (unpaired) electrons. The summed E-state index contributed by atoms with van der Waals surface area (Å²) in [7, 11) is 1.53. The Morgan fingerprint density at radius 3 is 2.59 bits per heavy atom. The minimum absolute atomic E-state index is 0.127. The Bertz CT molecular complexity index is 1140. The van der Waals surface area contributed by atoms with Crippen molar-refractivity contribution in [1.82, 2.24) is 4.90 Å². The summed E-state index contributed by atoms with van der Waals surface area (Å²) in [5.74, 6) is 0.537. The van der Waals surface area contributed by atoms with E-state index in [9.17, 15) is 14.4 Å². The fourth-order valence-electron chi connectivity index (χ4n) is 4.71. The lowest BCUT2D eigenvalue weighted by molar-refractivity contribution is -0.124. The first-order valence-electron chi connectivity index (χ1n) is 13.0. The highest BCUT2D eigenvalue weighted by atomic mass is 16.5. The topological polar surface area (TPSA) is 88.2 Å². The largest absolute Gasteiger partial charge is 0.497 e. The number of rotatable bonds is 11. The Balaban J connectivity index is 1.50. The van der Waals surface area contributed by atoms with Gasteiger partial charge in [-0.1, -0.05) is 24.6 Å². The lowest BCUT2D eigenvalue weighted by atomic mass is 9.97. The highest BCUT2D eigenvalue weighted by Gasteiger charge is 2.46. The summed E-state index contributed by atoms with van der Waals surface area (Å²) in [5.41, 5.74) is 2.34. The summed E-state index contributed by atoms with van der Waals surface area (Å²) in [6, 6.07) is 12.7. The zero-order valence-electron chi connectivity index (χ0n) is 21.6. The van der Waals surface area contributed by atoms with Crippen LogP contribution in [0.3, 0.4) is 0 Å². The van der Waals surface area contributed by atoms with E-state index >= 15 is 0 Å². The molecule has 0 unspecified atom stereocenters. The number of benzene rings is 2. The number of methoxy groups -OCH3 is 1. The van der Waals surface area contributed by atoms with E-state index in [1.807, 2.05) is 6.92 Å². The molecule has 1 aliphatic carbocycles. The number of urea groups is 1. The molecule has 196 valence electrons.